The fourth-order valence-electron chi connectivity index (χ4n) is 3.39. The van der Waals surface area contributed by atoms with Crippen LogP contribution in [0.15, 0.2) is 35.9 Å². The van der Waals surface area contributed by atoms with Gasteiger partial charge >= 0.3 is 11.9 Å². The number of cyclic esters (lactones) is 1. The maximum absolute atomic E-state index is 12.4. The van der Waals surface area contributed by atoms with Crippen LogP contribution in [-0.2, 0) is 30.2 Å². The lowest BCUT2D eigenvalue weighted by Gasteiger charge is -2.23. The number of benzene rings is 1. The Morgan fingerprint density at radius 1 is 1.38 bits per heavy atom. The summed E-state index contributed by atoms with van der Waals surface area (Å²) in [6, 6.07) is 8.18. The third-order valence-corrected chi connectivity index (χ3v) is 4.63. The summed E-state index contributed by atoms with van der Waals surface area (Å²) in [5, 5.41) is 0. The average molecular weight is 330 g/mol. The second-order valence-corrected chi connectivity index (χ2v) is 6.16. The highest BCUT2D eigenvalue weighted by Gasteiger charge is 2.36. The highest BCUT2D eigenvalue weighted by atomic mass is 16.7. The number of esters is 2. The molecule has 0 saturated heterocycles. The van der Waals surface area contributed by atoms with Gasteiger partial charge in [-0.1, -0.05) is 24.3 Å². The molecule has 0 aromatic heterocycles. The van der Waals surface area contributed by atoms with E-state index in [1.807, 2.05) is 12.1 Å². The molecule has 3 unspecified atom stereocenters. The Morgan fingerprint density at radius 2 is 2.17 bits per heavy atom. The van der Waals surface area contributed by atoms with Crippen LogP contribution in [0.1, 0.15) is 37.3 Å². The zero-order valence-corrected chi connectivity index (χ0v) is 14.0. The van der Waals surface area contributed by atoms with Gasteiger partial charge in [0.15, 0.2) is 0 Å². The van der Waals surface area contributed by atoms with Crippen molar-refractivity contribution in [3.63, 3.8) is 0 Å². The molecule has 0 amide bonds. The SMILES string of the molecule is CCOC(=O)C(COC1C=C(C)C(=O)O1)C1CCc2ccccc21. The van der Waals surface area contributed by atoms with E-state index in [4.69, 9.17) is 14.2 Å². The Kier molecular flexibility index (Phi) is 5.00. The molecule has 0 saturated carbocycles. The number of hydrogen-bond donors (Lipinski definition) is 0. The van der Waals surface area contributed by atoms with Crippen LogP contribution in [0.5, 0.6) is 0 Å². The molecule has 0 fully saturated rings. The van der Waals surface area contributed by atoms with Crippen molar-refractivity contribution in [2.45, 2.75) is 38.9 Å². The smallest absolute Gasteiger partial charge is 0.336 e. The zero-order valence-electron chi connectivity index (χ0n) is 14.0. The van der Waals surface area contributed by atoms with Gasteiger partial charge in [-0.3, -0.25) is 4.79 Å². The largest absolute Gasteiger partial charge is 0.466 e. The van der Waals surface area contributed by atoms with Gasteiger partial charge in [-0.15, -0.1) is 0 Å². The fraction of sp³-hybridized carbons (Fsp3) is 0.474. The molecule has 5 nitrogen and oxygen atoms in total. The second-order valence-electron chi connectivity index (χ2n) is 6.16. The van der Waals surface area contributed by atoms with Crippen LogP contribution in [0.25, 0.3) is 0 Å². The molecule has 3 atom stereocenters. The van der Waals surface area contributed by atoms with Crippen molar-refractivity contribution >= 4 is 11.9 Å². The van der Waals surface area contributed by atoms with Crippen LogP contribution in [0.4, 0.5) is 0 Å². The van der Waals surface area contributed by atoms with Gasteiger partial charge in [-0.2, -0.15) is 0 Å². The third kappa shape index (κ3) is 3.36. The molecule has 1 aromatic carbocycles. The second kappa shape index (κ2) is 7.18. The monoisotopic (exact) mass is 330 g/mol. The molecule has 1 aliphatic heterocycles. The summed E-state index contributed by atoms with van der Waals surface area (Å²) < 4.78 is 16.0. The van der Waals surface area contributed by atoms with Crippen molar-refractivity contribution in [1.82, 2.24) is 0 Å². The molecular weight excluding hydrogens is 308 g/mol. The maximum atomic E-state index is 12.4. The van der Waals surface area contributed by atoms with Crippen LogP contribution in [0.3, 0.4) is 0 Å². The first-order chi connectivity index (χ1) is 11.6. The number of fused-ring (bicyclic) bond motifs is 1. The topological polar surface area (TPSA) is 61.8 Å². The van der Waals surface area contributed by atoms with Gasteiger partial charge < -0.3 is 14.2 Å². The molecule has 0 spiro atoms. The van der Waals surface area contributed by atoms with Crippen LogP contribution in [-0.4, -0.2) is 31.4 Å². The van der Waals surface area contributed by atoms with E-state index in [-0.39, 0.29) is 24.5 Å². The van der Waals surface area contributed by atoms with Gasteiger partial charge in [0.25, 0.3) is 0 Å². The minimum Gasteiger partial charge on any atom is -0.466 e. The highest BCUT2D eigenvalue weighted by molar-refractivity contribution is 5.89. The van der Waals surface area contributed by atoms with E-state index in [1.54, 1.807) is 19.9 Å². The summed E-state index contributed by atoms with van der Waals surface area (Å²) in [6.07, 6.45) is 2.76. The van der Waals surface area contributed by atoms with Crippen LogP contribution >= 0.6 is 0 Å². The lowest BCUT2D eigenvalue weighted by molar-refractivity contribution is -0.166. The first kappa shape index (κ1) is 16.7. The van der Waals surface area contributed by atoms with Crippen molar-refractivity contribution in [3.8, 4) is 0 Å². The van der Waals surface area contributed by atoms with Crippen molar-refractivity contribution in [2.24, 2.45) is 5.92 Å². The van der Waals surface area contributed by atoms with E-state index >= 15 is 0 Å². The molecular formula is C19H22O5. The summed E-state index contributed by atoms with van der Waals surface area (Å²) in [4.78, 5) is 23.9. The average Bonchev–Trinajstić information content (AvgIpc) is 3.12. The number of hydrogen-bond acceptors (Lipinski definition) is 5. The molecule has 128 valence electrons. The van der Waals surface area contributed by atoms with Crippen LogP contribution in [0, 0.1) is 5.92 Å². The highest BCUT2D eigenvalue weighted by Crippen LogP contribution is 2.39. The molecule has 24 heavy (non-hydrogen) atoms. The quantitative estimate of drug-likeness (QED) is 0.751. The van der Waals surface area contributed by atoms with E-state index in [1.165, 1.54) is 11.1 Å². The molecule has 3 rings (SSSR count). The van der Waals surface area contributed by atoms with Crippen molar-refractivity contribution in [1.29, 1.82) is 0 Å². The molecule has 0 bridgehead atoms. The van der Waals surface area contributed by atoms with E-state index in [2.05, 4.69) is 12.1 Å². The van der Waals surface area contributed by atoms with Crippen LogP contribution < -0.4 is 0 Å². The minimum absolute atomic E-state index is 0.0717. The summed E-state index contributed by atoms with van der Waals surface area (Å²) in [5.41, 5.74) is 2.99. The zero-order chi connectivity index (χ0) is 17.1. The molecule has 1 heterocycles. The lowest BCUT2D eigenvalue weighted by Crippen LogP contribution is -2.30. The predicted octanol–water partition coefficient (Wildman–Crippen LogP) is 2.74. The number of ether oxygens (including phenoxy) is 3. The number of rotatable bonds is 6. The summed E-state index contributed by atoms with van der Waals surface area (Å²) in [5.74, 6) is -0.966. The minimum atomic E-state index is -0.717. The van der Waals surface area contributed by atoms with Gasteiger partial charge in [0.05, 0.1) is 19.1 Å². The van der Waals surface area contributed by atoms with E-state index in [9.17, 15) is 9.59 Å². The Bertz CT molecular complexity index is 663. The van der Waals surface area contributed by atoms with Crippen molar-refractivity contribution < 1.29 is 23.8 Å². The van der Waals surface area contributed by atoms with Gasteiger partial charge in [0, 0.05) is 11.5 Å². The Hall–Kier alpha value is -2.14. The third-order valence-electron chi connectivity index (χ3n) is 4.63. The Labute approximate surface area is 141 Å². The van der Waals surface area contributed by atoms with Gasteiger partial charge in [-0.05, 0) is 43.9 Å². The fourth-order valence-corrected chi connectivity index (χ4v) is 3.39. The lowest BCUT2D eigenvalue weighted by atomic mass is 9.87. The Morgan fingerprint density at radius 3 is 2.88 bits per heavy atom. The molecule has 0 radical (unpaired) electrons. The van der Waals surface area contributed by atoms with Gasteiger partial charge in [0.1, 0.15) is 0 Å². The normalized spacial score (nSPS) is 23.4. The number of carbonyl (C=O) groups excluding carboxylic acids is 2. The molecule has 1 aliphatic carbocycles. The summed E-state index contributed by atoms with van der Waals surface area (Å²) in [6.45, 7) is 3.98. The number of carbonyl (C=O) groups is 2. The Balaban J connectivity index is 1.73. The first-order valence-corrected chi connectivity index (χ1v) is 8.35. The predicted molar refractivity (Wildman–Crippen MR) is 87.2 cm³/mol. The summed E-state index contributed by atoms with van der Waals surface area (Å²) >= 11 is 0. The van der Waals surface area contributed by atoms with Gasteiger partial charge in [0.2, 0.25) is 6.29 Å². The van der Waals surface area contributed by atoms with E-state index < -0.39 is 12.2 Å². The van der Waals surface area contributed by atoms with Crippen molar-refractivity contribution in [3.05, 3.63) is 47.0 Å². The van der Waals surface area contributed by atoms with E-state index in [0.717, 1.165) is 12.8 Å². The van der Waals surface area contributed by atoms with Crippen molar-refractivity contribution in [2.75, 3.05) is 13.2 Å². The standard InChI is InChI=1S/C19H22O5/c1-3-22-19(21)16(11-23-17-10-12(2)18(20)24-17)15-9-8-13-6-4-5-7-14(13)15/h4-7,10,15-17H,3,8-9,11H2,1-2H3. The number of aryl methyl sites for hydroxylation is 1. The van der Waals surface area contributed by atoms with Gasteiger partial charge in [-0.25, -0.2) is 4.79 Å². The maximum Gasteiger partial charge on any atom is 0.336 e. The first-order valence-electron chi connectivity index (χ1n) is 8.35. The molecule has 1 aromatic rings. The molecule has 2 aliphatic rings. The molecule has 0 N–H and O–H groups in total. The molecule has 5 heteroatoms. The summed E-state index contributed by atoms with van der Waals surface area (Å²) in [7, 11) is 0. The van der Waals surface area contributed by atoms with Crippen LogP contribution in [0.2, 0.25) is 0 Å². The van der Waals surface area contributed by atoms with E-state index in [0.29, 0.717) is 12.2 Å².